The van der Waals surface area contributed by atoms with Crippen molar-refractivity contribution in [2.75, 3.05) is 7.05 Å². The van der Waals surface area contributed by atoms with Gasteiger partial charge in [-0.1, -0.05) is 31.2 Å². The first kappa shape index (κ1) is 12.7. The first-order valence-electron chi connectivity index (χ1n) is 6.31. The molecule has 1 aromatic heterocycles. The van der Waals surface area contributed by atoms with Crippen LogP contribution in [0.5, 0.6) is 0 Å². The predicted octanol–water partition coefficient (Wildman–Crippen LogP) is 2.73. The van der Waals surface area contributed by atoms with Gasteiger partial charge in [-0.05, 0) is 32.0 Å². The second-order valence-corrected chi connectivity index (χ2v) is 4.39. The van der Waals surface area contributed by atoms with Gasteiger partial charge in [-0.15, -0.1) is 0 Å². The molecule has 0 aliphatic rings. The summed E-state index contributed by atoms with van der Waals surface area (Å²) in [4.78, 5) is 8.98. The molecular weight excluding hydrogens is 222 g/mol. The summed E-state index contributed by atoms with van der Waals surface area (Å²) in [5.74, 6) is 0.840. The number of nitrogens with one attached hydrogen (secondary N) is 1. The lowest BCUT2D eigenvalue weighted by Crippen LogP contribution is -2.10. The molecule has 1 N–H and O–H groups in total. The Balaban J connectivity index is 2.36. The molecular formula is C15H19N3. The molecule has 3 nitrogen and oxygen atoms in total. The molecule has 0 atom stereocenters. The van der Waals surface area contributed by atoms with Gasteiger partial charge in [0, 0.05) is 11.3 Å². The average Bonchev–Trinajstić information content (AvgIpc) is 2.38. The van der Waals surface area contributed by atoms with Crippen molar-refractivity contribution in [2.45, 2.75) is 26.8 Å². The number of aryl methyl sites for hydroxylation is 2. The predicted molar refractivity (Wildman–Crippen MR) is 74.3 cm³/mol. The van der Waals surface area contributed by atoms with Crippen LogP contribution in [0.3, 0.4) is 0 Å². The molecule has 0 spiro atoms. The van der Waals surface area contributed by atoms with Crippen LogP contribution in [0.1, 0.15) is 24.0 Å². The lowest BCUT2D eigenvalue weighted by molar-refractivity contribution is 0.754. The Morgan fingerprint density at radius 3 is 2.44 bits per heavy atom. The van der Waals surface area contributed by atoms with Gasteiger partial charge in [0.25, 0.3) is 0 Å². The van der Waals surface area contributed by atoms with Crippen LogP contribution >= 0.6 is 0 Å². The number of nitrogens with zero attached hydrogens (tertiary/aromatic N) is 2. The van der Waals surface area contributed by atoms with Crippen LogP contribution in [0, 0.1) is 6.92 Å². The van der Waals surface area contributed by atoms with Gasteiger partial charge in [-0.3, -0.25) is 0 Å². The maximum Gasteiger partial charge on any atom is 0.143 e. The number of rotatable bonds is 4. The van der Waals surface area contributed by atoms with E-state index in [1.54, 1.807) is 0 Å². The summed E-state index contributed by atoms with van der Waals surface area (Å²) in [5, 5.41) is 3.08. The van der Waals surface area contributed by atoms with Crippen molar-refractivity contribution in [1.29, 1.82) is 0 Å². The Kier molecular flexibility index (Phi) is 4.05. The van der Waals surface area contributed by atoms with Gasteiger partial charge in [0.2, 0.25) is 0 Å². The molecule has 2 rings (SSSR count). The monoisotopic (exact) mass is 241 g/mol. The van der Waals surface area contributed by atoms with Gasteiger partial charge >= 0.3 is 0 Å². The third-order valence-corrected chi connectivity index (χ3v) is 2.89. The molecule has 0 bridgehead atoms. The van der Waals surface area contributed by atoms with Gasteiger partial charge in [0.1, 0.15) is 5.82 Å². The van der Waals surface area contributed by atoms with E-state index in [0.29, 0.717) is 6.54 Å². The largest absolute Gasteiger partial charge is 0.313 e. The fourth-order valence-electron chi connectivity index (χ4n) is 1.93. The molecule has 2 aromatic rings. The molecule has 0 aliphatic heterocycles. The molecule has 3 heteroatoms. The zero-order chi connectivity index (χ0) is 13.0. The molecule has 1 heterocycles. The quantitative estimate of drug-likeness (QED) is 0.894. The minimum absolute atomic E-state index is 0.696. The van der Waals surface area contributed by atoms with Gasteiger partial charge in [0.05, 0.1) is 12.2 Å². The molecule has 0 saturated heterocycles. The van der Waals surface area contributed by atoms with Crippen LogP contribution in [0.25, 0.3) is 11.3 Å². The van der Waals surface area contributed by atoms with Crippen molar-refractivity contribution in [3.05, 3.63) is 47.4 Å². The topological polar surface area (TPSA) is 37.8 Å². The average molecular weight is 241 g/mol. The van der Waals surface area contributed by atoms with Crippen molar-refractivity contribution in [3.8, 4) is 11.3 Å². The molecule has 0 saturated carbocycles. The summed E-state index contributed by atoms with van der Waals surface area (Å²) < 4.78 is 0. The summed E-state index contributed by atoms with van der Waals surface area (Å²) in [5.41, 5.74) is 4.50. The van der Waals surface area contributed by atoms with E-state index in [9.17, 15) is 0 Å². The minimum Gasteiger partial charge on any atom is -0.313 e. The highest BCUT2D eigenvalue weighted by Gasteiger charge is 2.04. The molecule has 18 heavy (non-hydrogen) atoms. The second-order valence-electron chi connectivity index (χ2n) is 4.39. The normalized spacial score (nSPS) is 10.6. The Labute approximate surface area is 108 Å². The third kappa shape index (κ3) is 2.93. The standard InChI is InChI=1S/C15H19N3/c1-4-12-5-7-13(8-6-12)14-9-11(2)17-15(18-14)10-16-3/h5-9,16H,4,10H2,1-3H3. The van der Waals surface area contributed by atoms with Gasteiger partial charge in [-0.2, -0.15) is 0 Å². The van der Waals surface area contributed by atoms with E-state index in [1.807, 2.05) is 20.0 Å². The first-order chi connectivity index (χ1) is 8.72. The van der Waals surface area contributed by atoms with Crippen LogP contribution < -0.4 is 5.32 Å². The Bertz CT molecular complexity index is 518. The van der Waals surface area contributed by atoms with Crippen molar-refractivity contribution in [1.82, 2.24) is 15.3 Å². The fourth-order valence-corrected chi connectivity index (χ4v) is 1.93. The SMILES string of the molecule is CCc1ccc(-c2cc(C)nc(CNC)n2)cc1. The third-order valence-electron chi connectivity index (χ3n) is 2.89. The minimum atomic E-state index is 0.696. The van der Waals surface area contributed by atoms with Crippen molar-refractivity contribution >= 4 is 0 Å². The van der Waals surface area contributed by atoms with Crippen LogP contribution in [-0.2, 0) is 13.0 Å². The van der Waals surface area contributed by atoms with E-state index in [4.69, 9.17) is 0 Å². The maximum absolute atomic E-state index is 4.58. The lowest BCUT2D eigenvalue weighted by Gasteiger charge is -2.06. The van der Waals surface area contributed by atoms with Crippen molar-refractivity contribution < 1.29 is 0 Å². The van der Waals surface area contributed by atoms with E-state index < -0.39 is 0 Å². The first-order valence-corrected chi connectivity index (χ1v) is 6.31. The van der Waals surface area contributed by atoms with Crippen LogP contribution in [-0.4, -0.2) is 17.0 Å². The number of benzene rings is 1. The summed E-state index contributed by atoms with van der Waals surface area (Å²) in [7, 11) is 1.90. The summed E-state index contributed by atoms with van der Waals surface area (Å²) in [6, 6.07) is 10.6. The summed E-state index contributed by atoms with van der Waals surface area (Å²) >= 11 is 0. The van der Waals surface area contributed by atoms with E-state index in [0.717, 1.165) is 29.2 Å². The second kappa shape index (κ2) is 5.74. The summed E-state index contributed by atoms with van der Waals surface area (Å²) in [6.07, 6.45) is 1.06. The highest BCUT2D eigenvalue weighted by molar-refractivity contribution is 5.59. The van der Waals surface area contributed by atoms with E-state index >= 15 is 0 Å². The molecule has 0 radical (unpaired) electrons. The highest BCUT2D eigenvalue weighted by Crippen LogP contribution is 2.18. The van der Waals surface area contributed by atoms with Crippen molar-refractivity contribution in [3.63, 3.8) is 0 Å². The molecule has 0 fully saturated rings. The Hall–Kier alpha value is -1.74. The van der Waals surface area contributed by atoms with Gasteiger partial charge in [0.15, 0.2) is 0 Å². The zero-order valence-corrected chi connectivity index (χ0v) is 11.2. The highest BCUT2D eigenvalue weighted by atomic mass is 15.0. The molecule has 0 amide bonds. The van der Waals surface area contributed by atoms with E-state index in [1.165, 1.54) is 5.56 Å². The van der Waals surface area contributed by atoms with Crippen molar-refractivity contribution in [2.24, 2.45) is 0 Å². The van der Waals surface area contributed by atoms with Crippen LogP contribution in [0.2, 0.25) is 0 Å². The number of hydrogen-bond donors (Lipinski definition) is 1. The van der Waals surface area contributed by atoms with E-state index in [-0.39, 0.29) is 0 Å². The number of aromatic nitrogens is 2. The van der Waals surface area contributed by atoms with Gasteiger partial charge < -0.3 is 5.32 Å². The van der Waals surface area contributed by atoms with E-state index in [2.05, 4.69) is 46.5 Å². The Morgan fingerprint density at radius 1 is 1.11 bits per heavy atom. The van der Waals surface area contributed by atoms with Crippen LogP contribution in [0.15, 0.2) is 30.3 Å². The molecule has 94 valence electrons. The Morgan fingerprint density at radius 2 is 1.83 bits per heavy atom. The zero-order valence-electron chi connectivity index (χ0n) is 11.2. The number of hydrogen-bond acceptors (Lipinski definition) is 3. The fraction of sp³-hybridized carbons (Fsp3) is 0.333. The molecule has 0 aliphatic carbocycles. The smallest absolute Gasteiger partial charge is 0.143 e. The lowest BCUT2D eigenvalue weighted by atomic mass is 10.1. The molecule has 0 unspecified atom stereocenters. The maximum atomic E-state index is 4.58. The van der Waals surface area contributed by atoms with Crippen LogP contribution in [0.4, 0.5) is 0 Å². The summed E-state index contributed by atoms with van der Waals surface area (Å²) in [6.45, 7) is 4.86. The van der Waals surface area contributed by atoms with Gasteiger partial charge in [-0.25, -0.2) is 9.97 Å². The molecule has 1 aromatic carbocycles.